The summed E-state index contributed by atoms with van der Waals surface area (Å²) in [6, 6.07) is 11.7. The molecule has 0 radical (unpaired) electrons. The fourth-order valence-corrected chi connectivity index (χ4v) is 1.86. The summed E-state index contributed by atoms with van der Waals surface area (Å²) in [5.74, 6) is 0.755. The zero-order valence-electron chi connectivity index (χ0n) is 11.2. The van der Waals surface area contributed by atoms with Gasteiger partial charge in [0, 0.05) is 25.1 Å². The molecule has 1 aromatic heterocycles. The van der Waals surface area contributed by atoms with E-state index in [0.717, 1.165) is 11.1 Å². The predicted octanol–water partition coefficient (Wildman–Crippen LogP) is 2.75. The van der Waals surface area contributed by atoms with Crippen molar-refractivity contribution in [2.24, 2.45) is 0 Å². The number of nitrogens with zero attached hydrogens (tertiary/aromatic N) is 1. The molecule has 0 saturated carbocycles. The predicted molar refractivity (Wildman–Crippen MR) is 74.4 cm³/mol. The zero-order chi connectivity index (χ0) is 13.7. The second-order valence-electron chi connectivity index (χ2n) is 4.59. The first kappa shape index (κ1) is 13.3. The smallest absolute Gasteiger partial charge is 0.212 e. The molecule has 0 bridgehead atoms. The van der Waals surface area contributed by atoms with Crippen LogP contribution in [-0.4, -0.2) is 17.9 Å². The van der Waals surface area contributed by atoms with Crippen LogP contribution < -0.4 is 4.74 Å². The summed E-state index contributed by atoms with van der Waals surface area (Å²) in [6.45, 7) is 2.04. The van der Waals surface area contributed by atoms with Crippen molar-refractivity contribution in [2.75, 3.05) is 7.11 Å². The molecule has 3 heteroatoms. The van der Waals surface area contributed by atoms with Gasteiger partial charge >= 0.3 is 0 Å². The number of hydrogen-bond acceptors (Lipinski definition) is 3. The number of rotatable bonds is 5. The zero-order valence-corrected chi connectivity index (χ0v) is 11.2. The van der Waals surface area contributed by atoms with Crippen LogP contribution in [0.3, 0.4) is 0 Å². The minimum absolute atomic E-state index is 0.191. The number of ether oxygens (including phenoxy) is 1. The van der Waals surface area contributed by atoms with Gasteiger partial charge in [0.25, 0.3) is 0 Å². The summed E-state index contributed by atoms with van der Waals surface area (Å²) in [6.07, 6.45) is 2.56. The van der Waals surface area contributed by atoms with E-state index in [2.05, 4.69) is 4.98 Å². The summed E-state index contributed by atoms with van der Waals surface area (Å²) < 4.78 is 4.98. The average molecular weight is 255 g/mol. The summed E-state index contributed by atoms with van der Waals surface area (Å²) in [4.78, 5) is 16.1. The quantitative estimate of drug-likeness (QED) is 0.824. The molecule has 3 nitrogen and oxygen atoms in total. The maximum atomic E-state index is 12.0. The number of aromatic nitrogens is 1. The van der Waals surface area contributed by atoms with Crippen molar-refractivity contribution in [3.63, 3.8) is 0 Å². The lowest BCUT2D eigenvalue weighted by atomic mass is 10.0. The van der Waals surface area contributed by atoms with Crippen LogP contribution in [0, 0.1) is 6.92 Å². The van der Waals surface area contributed by atoms with Crippen LogP contribution in [-0.2, 0) is 17.6 Å². The lowest BCUT2D eigenvalue weighted by molar-refractivity contribution is -0.117. The molecule has 2 rings (SSSR count). The van der Waals surface area contributed by atoms with E-state index in [9.17, 15) is 4.79 Å². The van der Waals surface area contributed by atoms with Gasteiger partial charge in [-0.05, 0) is 18.1 Å². The molecule has 0 fully saturated rings. The largest absolute Gasteiger partial charge is 0.481 e. The molecule has 0 N–H and O–H groups in total. The molecule has 0 atom stereocenters. The highest BCUT2D eigenvalue weighted by atomic mass is 16.5. The number of carbonyl (C=O) groups excluding carboxylic acids is 1. The Kier molecular flexibility index (Phi) is 4.29. The molecule has 0 aliphatic rings. The highest BCUT2D eigenvalue weighted by Crippen LogP contribution is 2.10. The Labute approximate surface area is 113 Å². The molecule has 0 aliphatic carbocycles. The minimum Gasteiger partial charge on any atom is -0.481 e. The van der Waals surface area contributed by atoms with Gasteiger partial charge in [0.1, 0.15) is 5.78 Å². The van der Waals surface area contributed by atoms with Gasteiger partial charge in [-0.3, -0.25) is 4.79 Å². The summed E-state index contributed by atoms with van der Waals surface area (Å²) in [5, 5.41) is 0. The molecule has 0 amide bonds. The van der Waals surface area contributed by atoms with E-state index in [1.165, 1.54) is 5.56 Å². The molecule has 0 spiro atoms. The van der Waals surface area contributed by atoms with Gasteiger partial charge in [0.2, 0.25) is 5.88 Å². The Hall–Kier alpha value is -2.16. The van der Waals surface area contributed by atoms with Crippen molar-refractivity contribution in [1.29, 1.82) is 0 Å². The second kappa shape index (κ2) is 6.14. The first-order valence-corrected chi connectivity index (χ1v) is 6.23. The van der Waals surface area contributed by atoms with E-state index in [-0.39, 0.29) is 5.78 Å². The third kappa shape index (κ3) is 3.91. The molecule has 0 aliphatic heterocycles. The molecular weight excluding hydrogens is 238 g/mol. The molecule has 2 aromatic rings. The number of benzene rings is 1. The van der Waals surface area contributed by atoms with Gasteiger partial charge in [-0.1, -0.05) is 35.9 Å². The maximum Gasteiger partial charge on any atom is 0.212 e. The molecular formula is C16H17NO2. The lowest BCUT2D eigenvalue weighted by Gasteiger charge is -2.03. The van der Waals surface area contributed by atoms with Crippen molar-refractivity contribution in [1.82, 2.24) is 4.98 Å². The number of Topliss-reactive ketones (excluding diaryl/α,β-unsaturated/α-hetero) is 1. The first-order valence-electron chi connectivity index (χ1n) is 6.23. The maximum absolute atomic E-state index is 12.0. The number of pyridine rings is 1. The SMILES string of the molecule is COc1ccc(CC(=O)Cc2ccc(C)cc2)cn1. The lowest BCUT2D eigenvalue weighted by Crippen LogP contribution is -2.06. The van der Waals surface area contributed by atoms with Crippen molar-refractivity contribution in [3.05, 3.63) is 59.3 Å². The highest BCUT2D eigenvalue weighted by Gasteiger charge is 2.06. The van der Waals surface area contributed by atoms with Crippen LogP contribution >= 0.6 is 0 Å². The van der Waals surface area contributed by atoms with Gasteiger partial charge in [-0.25, -0.2) is 4.98 Å². The Morgan fingerprint density at radius 2 is 1.68 bits per heavy atom. The minimum atomic E-state index is 0.191. The molecule has 0 saturated heterocycles. The third-order valence-electron chi connectivity index (χ3n) is 2.93. The van der Waals surface area contributed by atoms with Crippen LogP contribution in [0.4, 0.5) is 0 Å². The van der Waals surface area contributed by atoms with Crippen LogP contribution in [0.5, 0.6) is 5.88 Å². The van der Waals surface area contributed by atoms with Crippen LogP contribution in [0.25, 0.3) is 0 Å². The average Bonchev–Trinajstić information content (AvgIpc) is 2.42. The van der Waals surface area contributed by atoms with Gasteiger partial charge in [0.15, 0.2) is 0 Å². The van der Waals surface area contributed by atoms with Crippen LogP contribution in [0.2, 0.25) is 0 Å². The van der Waals surface area contributed by atoms with Crippen molar-refractivity contribution in [2.45, 2.75) is 19.8 Å². The molecule has 19 heavy (non-hydrogen) atoms. The Morgan fingerprint density at radius 1 is 1.05 bits per heavy atom. The monoisotopic (exact) mass is 255 g/mol. The summed E-state index contributed by atoms with van der Waals surface area (Å²) in [7, 11) is 1.57. The number of hydrogen-bond donors (Lipinski definition) is 0. The summed E-state index contributed by atoms with van der Waals surface area (Å²) in [5.41, 5.74) is 3.17. The standard InChI is InChI=1S/C16H17NO2/c1-12-3-5-13(6-4-12)9-15(18)10-14-7-8-16(19-2)17-11-14/h3-8,11H,9-10H2,1-2H3. The van der Waals surface area contributed by atoms with E-state index >= 15 is 0 Å². The normalized spacial score (nSPS) is 10.2. The number of ketones is 1. The number of aryl methyl sites for hydroxylation is 1. The van der Waals surface area contributed by atoms with Gasteiger partial charge < -0.3 is 4.74 Å². The fourth-order valence-electron chi connectivity index (χ4n) is 1.86. The van der Waals surface area contributed by atoms with E-state index in [1.807, 2.05) is 37.3 Å². The molecule has 1 heterocycles. The number of carbonyl (C=O) groups is 1. The second-order valence-corrected chi connectivity index (χ2v) is 4.59. The molecule has 98 valence electrons. The van der Waals surface area contributed by atoms with E-state index in [0.29, 0.717) is 18.7 Å². The van der Waals surface area contributed by atoms with Gasteiger partial charge in [0.05, 0.1) is 7.11 Å². The van der Waals surface area contributed by atoms with E-state index < -0.39 is 0 Å². The van der Waals surface area contributed by atoms with E-state index in [1.54, 1.807) is 19.4 Å². The third-order valence-corrected chi connectivity index (χ3v) is 2.93. The van der Waals surface area contributed by atoms with Crippen molar-refractivity contribution in [3.8, 4) is 5.88 Å². The topological polar surface area (TPSA) is 39.2 Å². The number of methoxy groups -OCH3 is 1. The van der Waals surface area contributed by atoms with E-state index in [4.69, 9.17) is 4.74 Å². The van der Waals surface area contributed by atoms with Gasteiger partial charge in [-0.15, -0.1) is 0 Å². The summed E-state index contributed by atoms with van der Waals surface area (Å²) >= 11 is 0. The highest BCUT2D eigenvalue weighted by molar-refractivity contribution is 5.83. The Bertz CT molecular complexity index is 544. The van der Waals surface area contributed by atoms with Crippen LogP contribution in [0.15, 0.2) is 42.6 Å². The Balaban J connectivity index is 1.95. The Morgan fingerprint density at radius 3 is 2.26 bits per heavy atom. The molecule has 1 aromatic carbocycles. The first-order chi connectivity index (χ1) is 9.17. The molecule has 0 unspecified atom stereocenters. The van der Waals surface area contributed by atoms with Crippen molar-refractivity contribution >= 4 is 5.78 Å². The van der Waals surface area contributed by atoms with Gasteiger partial charge in [-0.2, -0.15) is 0 Å². The fraction of sp³-hybridized carbons (Fsp3) is 0.250. The van der Waals surface area contributed by atoms with Crippen molar-refractivity contribution < 1.29 is 9.53 Å². The van der Waals surface area contributed by atoms with Crippen LogP contribution in [0.1, 0.15) is 16.7 Å².